The van der Waals surface area contributed by atoms with Crippen LogP contribution < -0.4 is 4.80 Å². The molecule has 0 saturated heterocycles. The Balaban J connectivity index is 2.14. The smallest absolute Gasteiger partial charge is 0.416 e. The molecule has 27 heavy (non-hydrogen) atoms. The zero-order chi connectivity index (χ0) is 19.8. The van der Waals surface area contributed by atoms with Gasteiger partial charge in [-0.25, -0.2) is 4.39 Å². The van der Waals surface area contributed by atoms with E-state index in [1.807, 2.05) is 0 Å². The van der Waals surface area contributed by atoms with Crippen molar-refractivity contribution in [2.45, 2.75) is 12.7 Å². The fraction of sp³-hybridized carbons (Fsp3) is 0.118. The van der Waals surface area contributed by atoms with E-state index < -0.39 is 36.0 Å². The van der Waals surface area contributed by atoms with Crippen LogP contribution >= 0.6 is 11.3 Å². The molecule has 0 unspecified atom stereocenters. The summed E-state index contributed by atoms with van der Waals surface area (Å²) in [6.45, 7) is -0.585. The molecule has 1 amide bonds. The Hall–Kier alpha value is -3.01. The first-order chi connectivity index (χ1) is 12.7. The number of carboxylic acid groups (broad SMARTS) is 1. The number of aromatic nitrogens is 1. The Morgan fingerprint density at radius 3 is 2.52 bits per heavy atom. The molecule has 1 aromatic heterocycles. The van der Waals surface area contributed by atoms with Gasteiger partial charge >= 0.3 is 12.1 Å². The molecule has 3 aromatic rings. The molecule has 140 valence electrons. The lowest BCUT2D eigenvalue weighted by Gasteiger charge is -2.06. The Morgan fingerprint density at radius 2 is 1.85 bits per heavy atom. The van der Waals surface area contributed by atoms with E-state index in [0.717, 1.165) is 34.1 Å². The van der Waals surface area contributed by atoms with E-state index in [2.05, 4.69) is 4.99 Å². The number of carboxylic acids is 1. The van der Waals surface area contributed by atoms with Crippen LogP contribution in [-0.4, -0.2) is 21.6 Å². The summed E-state index contributed by atoms with van der Waals surface area (Å²) in [4.78, 5) is 27.0. The molecule has 1 heterocycles. The fourth-order valence-electron chi connectivity index (χ4n) is 2.41. The average molecular weight is 398 g/mol. The lowest BCUT2D eigenvalue weighted by molar-refractivity contribution is -0.138. The number of halogens is 4. The summed E-state index contributed by atoms with van der Waals surface area (Å²) in [5, 5.41) is 9.05. The number of nitrogens with zero attached hydrogens (tertiary/aromatic N) is 2. The van der Waals surface area contributed by atoms with Crippen molar-refractivity contribution in [3.63, 3.8) is 0 Å². The quantitative estimate of drug-likeness (QED) is 0.684. The third-order valence-corrected chi connectivity index (χ3v) is 4.69. The summed E-state index contributed by atoms with van der Waals surface area (Å²) < 4.78 is 53.6. The largest absolute Gasteiger partial charge is 0.480 e. The lowest BCUT2D eigenvalue weighted by Crippen LogP contribution is -2.21. The first-order valence-electron chi connectivity index (χ1n) is 7.43. The number of aliphatic carboxylic acids is 1. The van der Waals surface area contributed by atoms with Crippen LogP contribution in [0.4, 0.5) is 17.6 Å². The van der Waals surface area contributed by atoms with Gasteiger partial charge in [0.05, 0.1) is 15.8 Å². The predicted molar refractivity (Wildman–Crippen MR) is 88.7 cm³/mol. The van der Waals surface area contributed by atoms with Gasteiger partial charge in [-0.15, -0.1) is 0 Å². The molecule has 0 radical (unpaired) electrons. The zero-order valence-corrected chi connectivity index (χ0v) is 14.1. The highest BCUT2D eigenvalue weighted by Gasteiger charge is 2.30. The second-order valence-corrected chi connectivity index (χ2v) is 6.43. The standard InChI is InChI=1S/C17H10F4N2O3S/c18-11-5-2-6-12-14(11)27-16(23(12)8-13(24)25)22-15(26)9-3-1-4-10(7-9)17(19,20)21/h1-7H,8H2,(H,24,25)/b22-16-. The van der Waals surface area contributed by atoms with Gasteiger partial charge in [-0.05, 0) is 30.3 Å². The number of hydrogen-bond acceptors (Lipinski definition) is 3. The molecule has 5 nitrogen and oxygen atoms in total. The van der Waals surface area contributed by atoms with E-state index in [0.29, 0.717) is 6.07 Å². The highest BCUT2D eigenvalue weighted by Crippen LogP contribution is 2.29. The molecule has 0 atom stereocenters. The summed E-state index contributed by atoms with van der Waals surface area (Å²) in [7, 11) is 0. The summed E-state index contributed by atoms with van der Waals surface area (Å²) >= 11 is 0.740. The minimum absolute atomic E-state index is 0.0920. The van der Waals surface area contributed by atoms with Crippen LogP contribution in [0, 0.1) is 5.82 Å². The normalized spacial score (nSPS) is 12.5. The van der Waals surface area contributed by atoms with Crippen LogP contribution in [0.5, 0.6) is 0 Å². The van der Waals surface area contributed by atoms with Crippen molar-refractivity contribution in [2.75, 3.05) is 0 Å². The van der Waals surface area contributed by atoms with Gasteiger partial charge in [0.15, 0.2) is 4.80 Å². The molecule has 0 spiro atoms. The lowest BCUT2D eigenvalue weighted by atomic mass is 10.1. The molecule has 10 heteroatoms. The SMILES string of the molecule is O=C(O)Cn1/c(=N/C(=O)c2cccc(C(F)(F)F)c2)sc2c(F)cccc21. The van der Waals surface area contributed by atoms with Gasteiger partial charge in [0, 0.05) is 5.56 Å². The van der Waals surface area contributed by atoms with Crippen molar-refractivity contribution in [3.8, 4) is 0 Å². The van der Waals surface area contributed by atoms with Gasteiger partial charge in [-0.2, -0.15) is 18.2 Å². The Bertz CT molecular complexity index is 1120. The van der Waals surface area contributed by atoms with Gasteiger partial charge in [-0.3, -0.25) is 9.59 Å². The van der Waals surface area contributed by atoms with Gasteiger partial charge in [-0.1, -0.05) is 23.5 Å². The number of carbonyl (C=O) groups is 2. The van der Waals surface area contributed by atoms with Crippen molar-refractivity contribution in [1.29, 1.82) is 0 Å². The van der Waals surface area contributed by atoms with E-state index in [-0.39, 0.29) is 20.6 Å². The van der Waals surface area contributed by atoms with Crippen molar-refractivity contribution >= 4 is 33.4 Å². The maximum atomic E-state index is 14.0. The van der Waals surface area contributed by atoms with Crippen LogP contribution in [0.25, 0.3) is 10.2 Å². The van der Waals surface area contributed by atoms with Crippen LogP contribution in [0.2, 0.25) is 0 Å². The van der Waals surface area contributed by atoms with E-state index in [1.54, 1.807) is 0 Å². The van der Waals surface area contributed by atoms with Crippen molar-refractivity contribution in [2.24, 2.45) is 4.99 Å². The zero-order valence-electron chi connectivity index (χ0n) is 13.3. The fourth-order valence-corrected chi connectivity index (χ4v) is 3.44. The van der Waals surface area contributed by atoms with Gasteiger partial charge in [0.1, 0.15) is 12.4 Å². The van der Waals surface area contributed by atoms with Crippen LogP contribution in [0.15, 0.2) is 47.5 Å². The molecule has 0 aliphatic rings. The first kappa shape index (κ1) is 18.8. The topological polar surface area (TPSA) is 71.7 Å². The highest BCUT2D eigenvalue weighted by atomic mass is 32.1. The summed E-state index contributed by atoms with van der Waals surface area (Å²) in [5.41, 5.74) is -1.10. The third kappa shape index (κ3) is 3.90. The summed E-state index contributed by atoms with van der Waals surface area (Å²) in [5.74, 6) is -2.86. The first-order valence-corrected chi connectivity index (χ1v) is 8.24. The molecular weight excluding hydrogens is 388 g/mol. The average Bonchev–Trinajstić information content (AvgIpc) is 2.93. The van der Waals surface area contributed by atoms with Crippen LogP contribution in [0.3, 0.4) is 0 Å². The monoisotopic (exact) mass is 398 g/mol. The number of rotatable bonds is 3. The maximum Gasteiger partial charge on any atom is 0.416 e. The molecule has 1 N–H and O–H groups in total. The van der Waals surface area contributed by atoms with Gasteiger partial charge < -0.3 is 9.67 Å². The molecule has 0 bridgehead atoms. The van der Waals surface area contributed by atoms with Crippen LogP contribution in [-0.2, 0) is 17.5 Å². The Labute approximate surface area is 152 Å². The number of carbonyl (C=O) groups excluding carboxylic acids is 1. The number of amides is 1. The van der Waals surface area contributed by atoms with Gasteiger partial charge in [0.2, 0.25) is 0 Å². The van der Waals surface area contributed by atoms with Crippen LogP contribution in [0.1, 0.15) is 15.9 Å². The van der Waals surface area contributed by atoms with Crippen molar-refractivity contribution < 1.29 is 32.3 Å². The molecule has 0 fully saturated rings. The molecule has 0 aliphatic carbocycles. The summed E-state index contributed by atoms with van der Waals surface area (Å²) in [6, 6.07) is 7.71. The van der Waals surface area contributed by atoms with E-state index in [4.69, 9.17) is 5.11 Å². The van der Waals surface area contributed by atoms with E-state index in [9.17, 15) is 27.2 Å². The number of fused-ring (bicyclic) bond motifs is 1. The van der Waals surface area contributed by atoms with E-state index >= 15 is 0 Å². The van der Waals surface area contributed by atoms with Gasteiger partial charge in [0.25, 0.3) is 5.91 Å². The minimum Gasteiger partial charge on any atom is -0.480 e. The number of benzene rings is 2. The third-order valence-electron chi connectivity index (χ3n) is 3.59. The molecule has 3 rings (SSSR count). The highest BCUT2D eigenvalue weighted by molar-refractivity contribution is 7.16. The number of hydrogen-bond donors (Lipinski definition) is 1. The second kappa shape index (κ2) is 6.95. The molecule has 0 aliphatic heterocycles. The molecule has 2 aromatic carbocycles. The molecular formula is C17H10F4N2O3S. The number of thiazole rings is 1. The van der Waals surface area contributed by atoms with Crippen molar-refractivity contribution in [3.05, 3.63) is 64.2 Å². The Morgan fingerprint density at radius 1 is 1.15 bits per heavy atom. The van der Waals surface area contributed by atoms with Crippen molar-refractivity contribution in [1.82, 2.24) is 4.57 Å². The maximum absolute atomic E-state index is 14.0. The summed E-state index contributed by atoms with van der Waals surface area (Å²) in [6.07, 6.45) is -4.62. The Kier molecular flexibility index (Phi) is 4.83. The number of alkyl halides is 3. The molecule has 0 saturated carbocycles. The van der Waals surface area contributed by atoms with E-state index in [1.165, 1.54) is 18.2 Å². The second-order valence-electron chi connectivity index (χ2n) is 5.45. The minimum atomic E-state index is -4.62. The predicted octanol–water partition coefficient (Wildman–Crippen LogP) is 3.69.